The van der Waals surface area contributed by atoms with Gasteiger partial charge in [0.05, 0.1) is 19.7 Å². The summed E-state index contributed by atoms with van der Waals surface area (Å²) in [5.74, 6) is 1.10. The Morgan fingerprint density at radius 3 is 3.00 bits per heavy atom. The van der Waals surface area contributed by atoms with E-state index in [0.717, 1.165) is 5.56 Å². The topological polar surface area (TPSA) is 99.3 Å². The minimum atomic E-state index is -0.478. The molecule has 0 saturated heterocycles. The van der Waals surface area contributed by atoms with Gasteiger partial charge in [0, 0.05) is 12.6 Å². The molecule has 0 radical (unpaired) electrons. The maximum atomic E-state index is 11.6. The van der Waals surface area contributed by atoms with E-state index in [4.69, 9.17) is 4.74 Å². The lowest BCUT2D eigenvalue weighted by atomic mass is 10.2. The number of imidazole rings is 1. The minimum Gasteiger partial charge on any atom is -0.496 e. The zero-order chi connectivity index (χ0) is 15.5. The summed E-state index contributed by atoms with van der Waals surface area (Å²) >= 11 is 0. The maximum absolute atomic E-state index is 11.6. The van der Waals surface area contributed by atoms with E-state index in [1.807, 2.05) is 24.3 Å². The van der Waals surface area contributed by atoms with E-state index in [1.54, 1.807) is 20.4 Å². The summed E-state index contributed by atoms with van der Waals surface area (Å²) in [6.07, 6.45) is 3.13. The summed E-state index contributed by atoms with van der Waals surface area (Å²) in [5.41, 5.74) is 1.39. The molecule has 0 aliphatic carbocycles. The van der Waals surface area contributed by atoms with Gasteiger partial charge in [0.25, 0.3) is 0 Å². The van der Waals surface area contributed by atoms with Crippen LogP contribution in [0.5, 0.6) is 5.75 Å². The van der Waals surface area contributed by atoms with Crippen LogP contribution in [0.1, 0.15) is 5.56 Å². The van der Waals surface area contributed by atoms with Crippen LogP contribution in [0.4, 0.5) is 5.82 Å². The Morgan fingerprint density at radius 1 is 1.36 bits per heavy atom. The molecule has 0 amide bonds. The molecule has 8 heteroatoms. The first-order valence-electron chi connectivity index (χ1n) is 6.53. The Morgan fingerprint density at radius 2 is 2.18 bits per heavy atom. The number of aromatic amines is 2. The van der Waals surface area contributed by atoms with Crippen LogP contribution >= 0.6 is 0 Å². The molecule has 0 aliphatic rings. The molecule has 0 spiro atoms. The second-order valence-electron chi connectivity index (χ2n) is 4.50. The lowest BCUT2D eigenvalue weighted by Gasteiger charge is -2.12. The molecule has 0 saturated carbocycles. The number of anilines is 1. The van der Waals surface area contributed by atoms with E-state index >= 15 is 0 Å². The number of nitrogens with zero attached hydrogens (tertiary/aromatic N) is 4. The van der Waals surface area contributed by atoms with Crippen LogP contribution in [0.3, 0.4) is 0 Å². The van der Waals surface area contributed by atoms with E-state index in [-0.39, 0.29) is 0 Å². The molecule has 2 aromatic heterocycles. The van der Waals surface area contributed by atoms with Crippen LogP contribution < -0.4 is 15.4 Å². The number of hydrogen-bond acceptors (Lipinski definition) is 6. The number of nitrogens with one attached hydrogen (secondary N) is 2. The highest BCUT2D eigenvalue weighted by molar-refractivity contribution is 5.86. The van der Waals surface area contributed by atoms with Crippen molar-refractivity contribution in [2.45, 2.75) is 0 Å². The first-order chi connectivity index (χ1) is 10.7. The van der Waals surface area contributed by atoms with E-state index in [0.29, 0.717) is 22.7 Å². The third-order valence-corrected chi connectivity index (χ3v) is 3.11. The standard InChI is InChI=1S/C14H14N6O2/c1-20(17-7-9-5-3-4-6-10(9)22-2)13-11-12(16-8-15-11)18-14(21)19-13/h3-8H,1-2H3,(H2,15,16,18,19,21)/b17-7+. The van der Waals surface area contributed by atoms with Crippen LogP contribution in [-0.2, 0) is 0 Å². The normalized spacial score (nSPS) is 11.2. The number of aromatic nitrogens is 4. The SMILES string of the molecule is COc1ccccc1/C=N/N(C)c1nc(=O)[nH]c2nc[nH]c12. The zero-order valence-corrected chi connectivity index (χ0v) is 12.1. The molecule has 0 fully saturated rings. The average Bonchev–Trinajstić information content (AvgIpc) is 3.00. The molecule has 0 unspecified atom stereocenters. The summed E-state index contributed by atoms with van der Waals surface area (Å²) in [4.78, 5) is 25.0. The first kappa shape index (κ1) is 13.8. The fourth-order valence-electron chi connectivity index (χ4n) is 2.05. The highest BCUT2D eigenvalue weighted by atomic mass is 16.5. The molecule has 2 N–H and O–H groups in total. The second kappa shape index (κ2) is 5.68. The van der Waals surface area contributed by atoms with Crippen molar-refractivity contribution >= 4 is 23.2 Å². The van der Waals surface area contributed by atoms with Crippen molar-refractivity contribution in [2.75, 3.05) is 19.2 Å². The lowest BCUT2D eigenvalue weighted by molar-refractivity contribution is 0.414. The van der Waals surface area contributed by atoms with Crippen LogP contribution in [0.15, 0.2) is 40.5 Å². The van der Waals surface area contributed by atoms with Gasteiger partial charge in [-0.3, -0.25) is 4.98 Å². The second-order valence-corrected chi connectivity index (χ2v) is 4.50. The van der Waals surface area contributed by atoms with E-state index in [9.17, 15) is 4.79 Å². The molecular weight excluding hydrogens is 284 g/mol. The third-order valence-electron chi connectivity index (χ3n) is 3.11. The molecule has 1 aromatic carbocycles. The average molecular weight is 298 g/mol. The molecular formula is C14H14N6O2. The summed E-state index contributed by atoms with van der Waals surface area (Å²) in [6, 6.07) is 7.50. The molecule has 8 nitrogen and oxygen atoms in total. The number of H-pyrrole nitrogens is 2. The number of fused-ring (bicyclic) bond motifs is 1. The van der Waals surface area contributed by atoms with Crippen molar-refractivity contribution in [3.05, 3.63) is 46.6 Å². The van der Waals surface area contributed by atoms with Crippen molar-refractivity contribution < 1.29 is 4.74 Å². The first-order valence-corrected chi connectivity index (χ1v) is 6.53. The summed E-state index contributed by atoms with van der Waals surface area (Å²) in [6.45, 7) is 0. The zero-order valence-electron chi connectivity index (χ0n) is 12.1. The quantitative estimate of drug-likeness (QED) is 0.555. The molecule has 0 bridgehead atoms. The summed E-state index contributed by atoms with van der Waals surface area (Å²) < 4.78 is 5.26. The smallest absolute Gasteiger partial charge is 0.348 e. The summed E-state index contributed by atoms with van der Waals surface area (Å²) in [5, 5.41) is 5.81. The minimum absolute atomic E-state index is 0.391. The predicted molar refractivity (Wildman–Crippen MR) is 83.5 cm³/mol. The highest BCUT2D eigenvalue weighted by Gasteiger charge is 2.11. The monoisotopic (exact) mass is 298 g/mol. The van der Waals surface area contributed by atoms with Gasteiger partial charge in [-0.05, 0) is 12.1 Å². The molecule has 3 rings (SSSR count). The summed E-state index contributed by atoms with van der Waals surface area (Å²) in [7, 11) is 3.30. The van der Waals surface area contributed by atoms with Gasteiger partial charge in [0.1, 0.15) is 11.3 Å². The van der Waals surface area contributed by atoms with Crippen molar-refractivity contribution in [1.29, 1.82) is 0 Å². The molecule has 112 valence electrons. The molecule has 2 heterocycles. The van der Waals surface area contributed by atoms with Crippen molar-refractivity contribution in [3.8, 4) is 5.75 Å². The molecule has 3 aromatic rings. The number of ether oxygens (including phenoxy) is 1. The van der Waals surface area contributed by atoms with Gasteiger partial charge in [-0.1, -0.05) is 12.1 Å². The van der Waals surface area contributed by atoms with Gasteiger partial charge in [-0.15, -0.1) is 0 Å². The van der Waals surface area contributed by atoms with Crippen LogP contribution in [0, 0.1) is 0 Å². The van der Waals surface area contributed by atoms with Gasteiger partial charge < -0.3 is 9.72 Å². The van der Waals surface area contributed by atoms with Crippen LogP contribution in [0.25, 0.3) is 11.2 Å². The highest BCUT2D eigenvalue weighted by Crippen LogP contribution is 2.18. The van der Waals surface area contributed by atoms with Crippen molar-refractivity contribution in [2.24, 2.45) is 5.10 Å². The molecule has 22 heavy (non-hydrogen) atoms. The Kier molecular flexibility index (Phi) is 3.57. The van der Waals surface area contributed by atoms with Crippen LogP contribution in [-0.4, -0.2) is 40.3 Å². The van der Waals surface area contributed by atoms with Gasteiger partial charge in [0.15, 0.2) is 11.5 Å². The number of methoxy groups -OCH3 is 1. The van der Waals surface area contributed by atoms with Gasteiger partial charge in [0.2, 0.25) is 0 Å². The van der Waals surface area contributed by atoms with Gasteiger partial charge in [-0.2, -0.15) is 10.1 Å². The molecule has 0 atom stereocenters. The van der Waals surface area contributed by atoms with E-state index in [1.165, 1.54) is 11.3 Å². The number of para-hydroxylation sites is 1. The van der Waals surface area contributed by atoms with Gasteiger partial charge in [-0.25, -0.2) is 14.8 Å². The largest absolute Gasteiger partial charge is 0.496 e. The number of benzene rings is 1. The van der Waals surface area contributed by atoms with E-state index in [2.05, 4.69) is 25.0 Å². The van der Waals surface area contributed by atoms with Crippen LogP contribution in [0.2, 0.25) is 0 Å². The lowest BCUT2D eigenvalue weighted by Crippen LogP contribution is -2.19. The van der Waals surface area contributed by atoms with Crippen molar-refractivity contribution in [1.82, 2.24) is 19.9 Å². The third kappa shape index (κ3) is 2.53. The number of hydrogen-bond donors (Lipinski definition) is 2. The van der Waals surface area contributed by atoms with E-state index < -0.39 is 5.69 Å². The Bertz CT molecular complexity index is 882. The van der Waals surface area contributed by atoms with Gasteiger partial charge >= 0.3 is 5.69 Å². The molecule has 0 aliphatic heterocycles. The Hall–Kier alpha value is -3.16. The van der Waals surface area contributed by atoms with Crippen molar-refractivity contribution in [3.63, 3.8) is 0 Å². The maximum Gasteiger partial charge on any atom is 0.348 e. The fraction of sp³-hybridized carbons (Fsp3) is 0.143. The fourth-order valence-corrected chi connectivity index (χ4v) is 2.05. The Balaban J connectivity index is 1.96. The number of hydrazone groups is 1. The number of rotatable bonds is 4. The Labute approximate surface area is 125 Å². The predicted octanol–water partition coefficient (Wildman–Crippen LogP) is 1.13.